The molecule has 0 aliphatic rings. The Kier molecular flexibility index (Phi) is 2.90. The van der Waals surface area contributed by atoms with E-state index in [2.05, 4.69) is 0 Å². The minimum atomic E-state index is -4.11. The average Bonchev–Trinajstić information content (AvgIpc) is 2.01. The molecule has 0 heterocycles. The Morgan fingerprint density at radius 2 is 1.64 bits per heavy atom. The smallest absolute Gasteiger partial charge is 0.282 e. The van der Waals surface area contributed by atoms with Crippen molar-refractivity contribution in [2.24, 2.45) is 0 Å². The Hall–Kier alpha value is -0.580. The van der Waals surface area contributed by atoms with Gasteiger partial charge in [-0.3, -0.25) is 4.55 Å². The zero-order chi connectivity index (χ0) is 11.0. The molecule has 78 valence electrons. The highest BCUT2D eigenvalue weighted by molar-refractivity contribution is 7.85. The number of alkyl halides is 1. The monoisotopic (exact) mass is 234 g/mol. The highest BCUT2D eigenvalue weighted by atomic mass is 35.5. The predicted octanol–water partition coefficient (Wildman–Crippen LogP) is 2.41. The molecule has 0 spiro atoms. The first-order valence-electron chi connectivity index (χ1n) is 3.98. The molecule has 0 aromatic heterocycles. The summed E-state index contributed by atoms with van der Waals surface area (Å²) in [5.41, 5.74) is 0.798. The molecule has 0 amide bonds. The number of hydrogen-bond acceptors (Lipinski definition) is 2. The van der Waals surface area contributed by atoms with Crippen LogP contribution in [-0.4, -0.2) is 13.0 Å². The molecule has 0 saturated heterocycles. The third kappa shape index (κ3) is 2.70. The van der Waals surface area contributed by atoms with Gasteiger partial charge in [-0.05, 0) is 31.5 Å². The van der Waals surface area contributed by atoms with Crippen molar-refractivity contribution in [2.45, 2.75) is 23.6 Å². The maximum atomic E-state index is 10.7. The van der Waals surface area contributed by atoms with Gasteiger partial charge in [-0.25, -0.2) is 0 Å². The lowest BCUT2D eigenvalue weighted by Gasteiger charge is -2.15. The fraction of sp³-hybridized carbons (Fsp3) is 0.333. The van der Waals surface area contributed by atoms with Crippen LogP contribution in [0.5, 0.6) is 0 Å². The minimum Gasteiger partial charge on any atom is -0.282 e. The first-order valence-corrected chi connectivity index (χ1v) is 5.80. The van der Waals surface area contributed by atoms with E-state index < -0.39 is 15.0 Å². The largest absolute Gasteiger partial charge is 0.294 e. The van der Waals surface area contributed by atoms with Crippen molar-refractivity contribution in [2.75, 3.05) is 0 Å². The summed E-state index contributed by atoms with van der Waals surface area (Å²) in [6.07, 6.45) is 0. The quantitative estimate of drug-likeness (QED) is 0.632. The van der Waals surface area contributed by atoms with E-state index in [1.54, 1.807) is 26.0 Å². The lowest BCUT2D eigenvalue weighted by Crippen LogP contribution is -2.07. The van der Waals surface area contributed by atoms with E-state index in [-0.39, 0.29) is 4.90 Å². The molecule has 0 radical (unpaired) electrons. The molecule has 0 atom stereocenters. The van der Waals surface area contributed by atoms with Crippen molar-refractivity contribution >= 4 is 21.7 Å². The summed E-state index contributed by atoms with van der Waals surface area (Å²) in [7, 11) is -4.11. The van der Waals surface area contributed by atoms with Crippen LogP contribution in [0.4, 0.5) is 0 Å². The Balaban J connectivity index is 3.14. The van der Waals surface area contributed by atoms with Crippen LogP contribution in [0.3, 0.4) is 0 Å². The molecule has 0 aliphatic carbocycles. The van der Waals surface area contributed by atoms with Crippen molar-refractivity contribution in [3.05, 3.63) is 29.8 Å². The van der Waals surface area contributed by atoms with E-state index >= 15 is 0 Å². The SMILES string of the molecule is CC(C)(Cl)c1ccc(S(=O)(=O)O)cc1. The van der Waals surface area contributed by atoms with Gasteiger partial charge < -0.3 is 0 Å². The Morgan fingerprint density at radius 3 is 1.93 bits per heavy atom. The third-order valence-corrected chi connectivity index (χ3v) is 2.92. The van der Waals surface area contributed by atoms with Crippen molar-refractivity contribution in [3.63, 3.8) is 0 Å². The second-order valence-electron chi connectivity index (χ2n) is 3.47. The summed E-state index contributed by atoms with van der Waals surface area (Å²) in [4.78, 5) is -0.667. The molecule has 0 saturated carbocycles. The zero-order valence-corrected chi connectivity index (χ0v) is 9.43. The average molecular weight is 235 g/mol. The van der Waals surface area contributed by atoms with Gasteiger partial charge >= 0.3 is 0 Å². The molecular weight excluding hydrogens is 224 g/mol. The molecule has 0 aliphatic heterocycles. The summed E-state index contributed by atoms with van der Waals surface area (Å²) in [5.74, 6) is 0. The van der Waals surface area contributed by atoms with Gasteiger partial charge in [0.1, 0.15) is 0 Å². The summed E-state index contributed by atoms with van der Waals surface area (Å²) < 4.78 is 30.2. The standard InChI is InChI=1S/C9H11ClO3S/c1-9(2,10)7-3-5-8(6-4-7)14(11,12)13/h3-6H,1-2H3,(H,11,12,13). The Morgan fingerprint density at radius 1 is 1.21 bits per heavy atom. The number of rotatable bonds is 2. The molecule has 1 N–H and O–H groups in total. The molecule has 1 aromatic carbocycles. The van der Waals surface area contributed by atoms with Crippen LogP contribution in [0, 0.1) is 0 Å². The number of halogens is 1. The minimum absolute atomic E-state index is 0.123. The molecule has 0 bridgehead atoms. The van der Waals surface area contributed by atoms with E-state index in [0.717, 1.165) is 5.56 Å². The molecule has 1 rings (SSSR count). The molecule has 14 heavy (non-hydrogen) atoms. The fourth-order valence-corrected chi connectivity index (χ4v) is 1.63. The third-order valence-electron chi connectivity index (χ3n) is 1.84. The highest BCUT2D eigenvalue weighted by Gasteiger charge is 2.17. The van der Waals surface area contributed by atoms with Crippen LogP contribution >= 0.6 is 11.6 Å². The first kappa shape index (κ1) is 11.5. The van der Waals surface area contributed by atoms with Gasteiger partial charge in [-0.2, -0.15) is 8.42 Å². The van der Waals surface area contributed by atoms with Gasteiger partial charge in [-0.15, -0.1) is 11.6 Å². The summed E-state index contributed by atoms with van der Waals surface area (Å²) in [6, 6.07) is 5.82. The molecule has 5 heteroatoms. The van der Waals surface area contributed by atoms with Crippen LogP contribution in [0.1, 0.15) is 19.4 Å². The van der Waals surface area contributed by atoms with Crippen LogP contribution in [0.25, 0.3) is 0 Å². The van der Waals surface area contributed by atoms with Gasteiger partial charge in [0.15, 0.2) is 0 Å². The molecular formula is C9H11ClO3S. The van der Waals surface area contributed by atoms with E-state index in [1.807, 2.05) is 0 Å². The van der Waals surface area contributed by atoms with Crippen molar-refractivity contribution in [1.29, 1.82) is 0 Å². The van der Waals surface area contributed by atoms with Crippen LogP contribution < -0.4 is 0 Å². The van der Waals surface area contributed by atoms with Gasteiger partial charge in [0.05, 0.1) is 9.77 Å². The second kappa shape index (κ2) is 3.53. The number of hydrogen-bond donors (Lipinski definition) is 1. The molecule has 1 aromatic rings. The molecule has 0 unspecified atom stereocenters. The topological polar surface area (TPSA) is 54.4 Å². The normalized spacial score (nSPS) is 12.9. The van der Waals surface area contributed by atoms with Gasteiger partial charge in [0, 0.05) is 0 Å². The summed E-state index contributed by atoms with van der Waals surface area (Å²) in [6.45, 7) is 3.61. The second-order valence-corrected chi connectivity index (χ2v) is 5.84. The van der Waals surface area contributed by atoms with Crippen LogP contribution in [0.2, 0.25) is 0 Å². The predicted molar refractivity (Wildman–Crippen MR) is 55.1 cm³/mol. The van der Waals surface area contributed by atoms with E-state index in [4.69, 9.17) is 16.2 Å². The van der Waals surface area contributed by atoms with E-state index in [1.165, 1.54) is 12.1 Å². The van der Waals surface area contributed by atoms with Gasteiger partial charge in [0.25, 0.3) is 10.1 Å². The van der Waals surface area contributed by atoms with Crippen molar-refractivity contribution in [3.8, 4) is 0 Å². The Bertz CT molecular complexity index is 414. The fourth-order valence-electron chi connectivity index (χ4n) is 1.02. The van der Waals surface area contributed by atoms with Crippen molar-refractivity contribution < 1.29 is 13.0 Å². The van der Waals surface area contributed by atoms with Gasteiger partial charge in [-0.1, -0.05) is 12.1 Å². The van der Waals surface area contributed by atoms with Crippen LogP contribution in [-0.2, 0) is 15.0 Å². The molecule has 3 nitrogen and oxygen atoms in total. The maximum absolute atomic E-state index is 10.7. The lowest BCUT2D eigenvalue weighted by atomic mass is 10.0. The number of benzene rings is 1. The van der Waals surface area contributed by atoms with E-state index in [9.17, 15) is 8.42 Å². The van der Waals surface area contributed by atoms with E-state index in [0.29, 0.717) is 0 Å². The maximum Gasteiger partial charge on any atom is 0.294 e. The summed E-state index contributed by atoms with van der Waals surface area (Å²) >= 11 is 6.01. The Labute approximate surface area is 88.5 Å². The molecule has 0 fully saturated rings. The highest BCUT2D eigenvalue weighted by Crippen LogP contribution is 2.27. The lowest BCUT2D eigenvalue weighted by molar-refractivity contribution is 0.483. The van der Waals surface area contributed by atoms with Crippen molar-refractivity contribution in [1.82, 2.24) is 0 Å². The van der Waals surface area contributed by atoms with Crippen LogP contribution in [0.15, 0.2) is 29.2 Å². The zero-order valence-electron chi connectivity index (χ0n) is 7.86. The summed E-state index contributed by atoms with van der Waals surface area (Å²) in [5, 5.41) is 0. The first-order chi connectivity index (χ1) is 6.21. The van der Waals surface area contributed by atoms with Gasteiger partial charge in [0.2, 0.25) is 0 Å².